The number of hydrogen-bond donors (Lipinski definition) is 1. The molecule has 27 heavy (non-hydrogen) atoms. The Hall–Kier alpha value is -1.34. The Kier molecular flexibility index (Phi) is 5.34. The lowest BCUT2D eigenvalue weighted by molar-refractivity contribution is -0.118. The summed E-state index contributed by atoms with van der Waals surface area (Å²) in [4.78, 5) is 32.5. The van der Waals surface area contributed by atoms with E-state index >= 15 is 0 Å². The highest BCUT2D eigenvalue weighted by atomic mass is 32.2. The summed E-state index contributed by atoms with van der Waals surface area (Å²) in [6.45, 7) is 7.12. The number of thiophene rings is 1. The van der Waals surface area contributed by atoms with Crippen LogP contribution in [0.2, 0.25) is 0 Å². The van der Waals surface area contributed by atoms with Crippen molar-refractivity contribution in [2.24, 2.45) is 11.8 Å². The second kappa shape index (κ2) is 7.59. The number of amides is 1. The SMILES string of the molecule is CC(C)Cn1c(SCC(=O)NC2CC2)nc2sc3c(c2c1=O)CC[C@@H](C)C3. The van der Waals surface area contributed by atoms with Crippen LogP contribution in [0.5, 0.6) is 0 Å². The number of carbonyl (C=O) groups is 1. The monoisotopic (exact) mass is 405 g/mol. The van der Waals surface area contributed by atoms with E-state index in [0.717, 1.165) is 42.3 Å². The Morgan fingerprint density at radius 1 is 1.37 bits per heavy atom. The van der Waals surface area contributed by atoms with Crippen LogP contribution in [0.15, 0.2) is 9.95 Å². The average Bonchev–Trinajstić information content (AvgIpc) is 3.33. The molecule has 7 heteroatoms. The van der Waals surface area contributed by atoms with Crippen molar-refractivity contribution in [3.05, 3.63) is 20.8 Å². The second-order valence-electron chi connectivity index (χ2n) is 8.37. The second-order valence-corrected chi connectivity index (χ2v) is 10.4. The Bertz CT molecular complexity index is 927. The molecule has 1 N–H and O–H groups in total. The average molecular weight is 406 g/mol. The molecule has 0 aliphatic heterocycles. The van der Waals surface area contributed by atoms with E-state index < -0.39 is 0 Å². The summed E-state index contributed by atoms with van der Waals surface area (Å²) in [6.07, 6.45) is 5.33. The van der Waals surface area contributed by atoms with Crippen LogP contribution < -0.4 is 10.9 Å². The minimum atomic E-state index is 0.0345. The minimum absolute atomic E-state index is 0.0345. The van der Waals surface area contributed by atoms with E-state index in [1.165, 1.54) is 22.2 Å². The van der Waals surface area contributed by atoms with Crippen LogP contribution in [-0.2, 0) is 24.2 Å². The topological polar surface area (TPSA) is 64.0 Å². The highest BCUT2D eigenvalue weighted by Crippen LogP contribution is 2.36. The van der Waals surface area contributed by atoms with Gasteiger partial charge >= 0.3 is 0 Å². The number of nitrogens with one attached hydrogen (secondary N) is 1. The van der Waals surface area contributed by atoms with Gasteiger partial charge < -0.3 is 5.32 Å². The Morgan fingerprint density at radius 3 is 2.85 bits per heavy atom. The van der Waals surface area contributed by atoms with Gasteiger partial charge in [-0.2, -0.15) is 0 Å². The molecule has 1 amide bonds. The molecule has 4 rings (SSSR count). The molecule has 2 aromatic heterocycles. The molecular weight excluding hydrogens is 378 g/mol. The quantitative estimate of drug-likeness (QED) is 0.589. The van der Waals surface area contributed by atoms with Crippen molar-refractivity contribution < 1.29 is 4.79 Å². The molecule has 1 atom stereocenters. The highest BCUT2D eigenvalue weighted by molar-refractivity contribution is 7.99. The zero-order valence-corrected chi connectivity index (χ0v) is 17.8. The van der Waals surface area contributed by atoms with Crippen molar-refractivity contribution in [2.75, 3.05) is 5.75 Å². The van der Waals surface area contributed by atoms with E-state index in [0.29, 0.717) is 35.3 Å². The minimum Gasteiger partial charge on any atom is -0.353 e. The van der Waals surface area contributed by atoms with E-state index in [-0.39, 0.29) is 11.5 Å². The van der Waals surface area contributed by atoms with Crippen molar-refractivity contribution in [2.45, 2.75) is 70.6 Å². The molecule has 2 aliphatic rings. The number of carbonyl (C=O) groups excluding carboxylic acids is 1. The summed E-state index contributed by atoms with van der Waals surface area (Å²) in [7, 11) is 0. The van der Waals surface area contributed by atoms with E-state index in [1.807, 2.05) is 0 Å². The molecule has 2 heterocycles. The first-order valence-corrected chi connectivity index (χ1v) is 11.7. The molecule has 2 aliphatic carbocycles. The van der Waals surface area contributed by atoms with Gasteiger partial charge in [0, 0.05) is 17.5 Å². The van der Waals surface area contributed by atoms with Crippen LogP contribution in [0, 0.1) is 11.8 Å². The number of thioether (sulfide) groups is 1. The smallest absolute Gasteiger partial charge is 0.263 e. The van der Waals surface area contributed by atoms with Crippen molar-refractivity contribution >= 4 is 39.2 Å². The molecule has 2 aromatic rings. The summed E-state index contributed by atoms with van der Waals surface area (Å²) >= 11 is 3.06. The molecule has 0 saturated heterocycles. The van der Waals surface area contributed by atoms with E-state index in [2.05, 4.69) is 26.1 Å². The number of fused-ring (bicyclic) bond motifs is 3. The number of rotatable bonds is 6. The third-order valence-corrected chi connectivity index (χ3v) is 7.33. The van der Waals surface area contributed by atoms with Gasteiger partial charge in [-0.1, -0.05) is 32.5 Å². The maximum absolute atomic E-state index is 13.3. The van der Waals surface area contributed by atoms with Gasteiger partial charge in [0.1, 0.15) is 4.83 Å². The third kappa shape index (κ3) is 4.09. The largest absolute Gasteiger partial charge is 0.353 e. The van der Waals surface area contributed by atoms with Gasteiger partial charge in [0.05, 0.1) is 11.1 Å². The lowest BCUT2D eigenvalue weighted by Gasteiger charge is -2.18. The first kappa shape index (κ1) is 19.0. The van der Waals surface area contributed by atoms with Crippen LogP contribution in [0.1, 0.15) is 50.5 Å². The zero-order valence-electron chi connectivity index (χ0n) is 16.2. The van der Waals surface area contributed by atoms with Gasteiger partial charge in [0.25, 0.3) is 5.56 Å². The standard InChI is InChI=1S/C20H27N3O2S2/c1-11(2)9-23-19(25)17-14-7-4-12(3)8-15(14)27-18(17)22-20(23)26-10-16(24)21-13-5-6-13/h11-13H,4-10H2,1-3H3,(H,21,24)/t12-/m1/s1. The van der Waals surface area contributed by atoms with E-state index in [1.54, 1.807) is 15.9 Å². The fourth-order valence-corrected chi connectivity index (χ4v) is 5.91. The first-order chi connectivity index (χ1) is 12.9. The maximum Gasteiger partial charge on any atom is 0.263 e. The summed E-state index contributed by atoms with van der Waals surface area (Å²) in [5, 5.41) is 4.52. The number of hydrogen-bond acceptors (Lipinski definition) is 5. The summed E-state index contributed by atoms with van der Waals surface area (Å²) in [5.41, 5.74) is 1.30. The Morgan fingerprint density at radius 2 is 2.15 bits per heavy atom. The van der Waals surface area contributed by atoms with Crippen LogP contribution in [0.25, 0.3) is 10.2 Å². The van der Waals surface area contributed by atoms with Crippen molar-refractivity contribution in [1.29, 1.82) is 0 Å². The van der Waals surface area contributed by atoms with Gasteiger partial charge in [0.2, 0.25) is 5.91 Å². The molecule has 0 unspecified atom stereocenters. The van der Waals surface area contributed by atoms with Crippen LogP contribution in [0.4, 0.5) is 0 Å². The highest BCUT2D eigenvalue weighted by Gasteiger charge is 2.26. The van der Waals surface area contributed by atoms with E-state index in [4.69, 9.17) is 4.98 Å². The van der Waals surface area contributed by atoms with Crippen molar-refractivity contribution in [1.82, 2.24) is 14.9 Å². The molecule has 0 aromatic carbocycles. The number of aryl methyl sites for hydroxylation is 1. The molecule has 0 bridgehead atoms. The van der Waals surface area contributed by atoms with Gasteiger partial charge in [0.15, 0.2) is 5.16 Å². The lowest BCUT2D eigenvalue weighted by atomic mass is 9.89. The molecule has 0 spiro atoms. The first-order valence-electron chi connectivity index (χ1n) is 9.89. The summed E-state index contributed by atoms with van der Waals surface area (Å²) in [6, 6.07) is 0.359. The summed E-state index contributed by atoms with van der Waals surface area (Å²) < 4.78 is 1.80. The predicted octanol–water partition coefficient (Wildman–Crippen LogP) is 3.61. The van der Waals surface area contributed by atoms with Crippen molar-refractivity contribution in [3.8, 4) is 0 Å². The summed E-state index contributed by atoms with van der Waals surface area (Å²) in [5.74, 6) is 1.36. The normalized spacial score (nSPS) is 19.5. The Balaban J connectivity index is 1.70. The molecule has 5 nitrogen and oxygen atoms in total. The van der Waals surface area contributed by atoms with Crippen LogP contribution in [0.3, 0.4) is 0 Å². The molecule has 146 valence electrons. The number of aromatic nitrogens is 2. The molecule has 1 fully saturated rings. The molecule has 1 saturated carbocycles. The molecular formula is C20H27N3O2S2. The fourth-order valence-electron chi connectivity index (χ4n) is 3.67. The van der Waals surface area contributed by atoms with Gasteiger partial charge in [-0.3, -0.25) is 14.2 Å². The maximum atomic E-state index is 13.3. The molecule has 0 radical (unpaired) electrons. The third-order valence-electron chi connectivity index (χ3n) is 5.20. The predicted molar refractivity (Wildman–Crippen MR) is 112 cm³/mol. The van der Waals surface area contributed by atoms with E-state index in [9.17, 15) is 9.59 Å². The Labute approximate surface area is 167 Å². The van der Waals surface area contributed by atoms with Crippen molar-refractivity contribution in [3.63, 3.8) is 0 Å². The van der Waals surface area contributed by atoms with Crippen LogP contribution in [-0.4, -0.2) is 27.3 Å². The fraction of sp³-hybridized carbons (Fsp3) is 0.650. The van der Waals surface area contributed by atoms with Gasteiger partial charge in [-0.15, -0.1) is 11.3 Å². The van der Waals surface area contributed by atoms with Crippen LogP contribution >= 0.6 is 23.1 Å². The lowest BCUT2D eigenvalue weighted by Crippen LogP contribution is -2.29. The zero-order chi connectivity index (χ0) is 19.1. The number of nitrogens with zero attached hydrogens (tertiary/aromatic N) is 2. The van der Waals surface area contributed by atoms with Gasteiger partial charge in [-0.25, -0.2) is 4.98 Å². The van der Waals surface area contributed by atoms with Gasteiger partial charge in [-0.05, 0) is 49.5 Å².